The number of halogens is 2. The van der Waals surface area contributed by atoms with Crippen LogP contribution in [0.3, 0.4) is 0 Å². The van der Waals surface area contributed by atoms with Crippen LogP contribution >= 0.6 is 0 Å². The molecule has 1 aromatic carbocycles. The normalized spacial score (nSPS) is 16.7. The van der Waals surface area contributed by atoms with Crippen molar-refractivity contribution < 1.29 is 37.4 Å². The molecule has 9 heteroatoms. The van der Waals surface area contributed by atoms with Crippen molar-refractivity contribution in [3.8, 4) is 0 Å². The SMILES string of the molecule is CCOC(=O)c1cc(F)c(C(=O)CCC2CN(C(=O)OC)CCO2)c(F)c1. The highest BCUT2D eigenvalue weighted by atomic mass is 19.1. The minimum atomic E-state index is -1.12. The molecule has 27 heavy (non-hydrogen) atoms. The van der Waals surface area contributed by atoms with E-state index in [4.69, 9.17) is 4.74 Å². The van der Waals surface area contributed by atoms with Gasteiger partial charge in [-0.1, -0.05) is 0 Å². The fraction of sp³-hybridized carbons (Fsp3) is 0.500. The number of esters is 1. The minimum Gasteiger partial charge on any atom is -0.462 e. The standard InChI is InChI=1S/C18H21F2NO6/c1-3-26-17(23)11-8-13(19)16(14(20)9-11)15(22)5-4-12-10-21(6-7-27-12)18(24)25-2/h8-9,12H,3-7,10H2,1-2H3. The number of methoxy groups -OCH3 is 1. The molecule has 0 N–H and O–H groups in total. The van der Waals surface area contributed by atoms with Crippen molar-refractivity contribution in [1.29, 1.82) is 0 Å². The average Bonchev–Trinajstić information content (AvgIpc) is 2.65. The van der Waals surface area contributed by atoms with Gasteiger partial charge < -0.3 is 19.1 Å². The van der Waals surface area contributed by atoms with Gasteiger partial charge in [0.05, 0.1) is 44.1 Å². The summed E-state index contributed by atoms with van der Waals surface area (Å²) in [5, 5.41) is 0. The quantitative estimate of drug-likeness (QED) is 0.553. The first kappa shape index (κ1) is 20.8. The van der Waals surface area contributed by atoms with Gasteiger partial charge in [-0.05, 0) is 25.5 Å². The van der Waals surface area contributed by atoms with E-state index in [-0.39, 0.29) is 38.2 Å². The van der Waals surface area contributed by atoms with Crippen molar-refractivity contribution in [3.63, 3.8) is 0 Å². The Morgan fingerprint density at radius 3 is 2.52 bits per heavy atom. The third-order valence-electron chi connectivity index (χ3n) is 4.10. The Bertz CT molecular complexity index is 701. The van der Waals surface area contributed by atoms with E-state index in [2.05, 4.69) is 9.47 Å². The minimum absolute atomic E-state index is 0.0622. The van der Waals surface area contributed by atoms with Gasteiger partial charge in [0.15, 0.2) is 5.78 Å². The summed E-state index contributed by atoms with van der Waals surface area (Å²) in [5.41, 5.74) is -1.00. The summed E-state index contributed by atoms with van der Waals surface area (Å²) in [7, 11) is 1.27. The first-order chi connectivity index (χ1) is 12.9. The first-order valence-electron chi connectivity index (χ1n) is 8.51. The van der Waals surface area contributed by atoms with Gasteiger partial charge in [0.25, 0.3) is 0 Å². The van der Waals surface area contributed by atoms with Crippen LogP contribution in [0.5, 0.6) is 0 Å². The Balaban J connectivity index is 2.01. The molecule has 7 nitrogen and oxygen atoms in total. The first-order valence-corrected chi connectivity index (χ1v) is 8.51. The highest BCUT2D eigenvalue weighted by Gasteiger charge is 2.27. The largest absolute Gasteiger partial charge is 0.462 e. The maximum atomic E-state index is 14.2. The smallest absolute Gasteiger partial charge is 0.409 e. The molecule has 0 aliphatic carbocycles. The van der Waals surface area contributed by atoms with E-state index in [1.165, 1.54) is 12.0 Å². The molecule has 1 atom stereocenters. The predicted molar refractivity (Wildman–Crippen MR) is 89.6 cm³/mol. The summed E-state index contributed by atoms with van der Waals surface area (Å²) >= 11 is 0. The highest BCUT2D eigenvalue weighted by Crippen LogP contribution is 2.20. The molecule has 148 valence electrons. The zero-order chi connectivity index (χ0) is 20.0. The van der Waals surface area contributed by atoms with Crippen LogP contribution in [0.2, 0.25) is 0 Å². The van der Waals surface area contributed by atoms with E-state index < -0.39 is 41.1 Å². The number of ketones is 1. The maximum Gasteiger partial charge on any atom is 0.409 e. The number of nitrogens with zero attached hydrogens (tertiary/aromatic N) is 1. The van der Waals surface area contributed by atoms with Gasteiger partial charge in [0, 0.05) is 13.0 Å². The number of hydrogen-bond acceptors (Lipinski definition) is 6. The van der Waals surface area contributed by atoms with E-state index in [0.717, 1.165) is 12.1 Å². The van der Waals surface area contributed by atoms with Crippen LogP contribution in [0.1, 0.15) is 40.5 Å². The number of morpholine rings is 1. The van der Waals surface area contributed by atoms with E-state index in [9.17, 15) is 23.2 Å². The number of carbonyl (C=O) groups is 3. The van der Waals surface area contributed by atoms with Gasteiger partial charge in [0.1, 0.15) is 11.6 Å². The molecule has 0 bridgehead atoms. The summed E-state index contributed by atoms with van der Waals surface area (Å²) in [6.45, 7) is 2.51. The second-order valence-electron chi connectivity index (χ2n) is 5.91. The number of benzene rings is 1. The van der Waals surface area contributed by atoms with E-state index in [0.29, 0.717) is 6.54 Å². The van der Waals surface area contributed by atoms with Crippen LogP contribution < -0.4 is 0 Å². The molecule has 0 aromatic heterocycles. The lowest BCUT2D eigenvalue weighted by Gasteiger charge is -2.31. The van der Waals surface area contributed by atoms with Gasteiger partial charge in [0.2, 0.25) is 0 Å². The molecule has 0 saturated carbocycles. The fourth-order valence-electron chi connectivity index (χ4n) is 2.78. The van der Waals surface area contributed by atoms with Crippen LogP contribution in [0, 0.1) is 11.6 Å². The second-order valence-corrected chi connectivity index (χ2v) is 5.91. The van der Waals surface area contributed by atoms with Gasteiger partial charge in [-0.3, -0.25) is 4.79 Å². The summed E-state index contributed by atoms with van der Waals surface area (Å²) in [5.74, 6) is -3.86. The zero-order valence-corrected chi connectivity index (χ0v) is 15.1. The molecule has 0 spiro atoms. The Morgan fingerprint density at radius 1 is 1.26 bits per heavy atom. The maximum absolute atomic E-state index is 14.2. The number of Topliss-reactive ketones (excluding diaryl/α,β-unsaturated/α-hetero) is 1. The molecule has 1 aliphatic rings. The van der Waals surface area contributed by atoms with Gasteiger partial charge in [-0.25, -0.2) is 18.4 Å². The van der Waals surface area contributed by atoms with Crippen LogP contribution in [0.15, 0.2) is 12.1 Å². The lowest BCUT2D eigenvalue weighted by Crippen LogP contribution is -2.45. The van der Waals surface area contributed by atoms with Gasteiger partial charge >= 0.3 is 12.1 Å². The molecule has 1 unspecified atom stereocenters. The van der Waals surface area contributed by atoms with Crippen molar-refractivity contribution in [2.75, 3.05) is 33.4 Å². The number of amides is 1. The van der Waals surface area contributed by atoms with Crippen LogP contribution in [0.4, 0.5) is 13.6 Å². The Kier molecular flexibility index (Phi) is 7.23. The molecule has 1 saturated heterocycles. The second kappa shape index (κ2) is 9.40. The molecule has 1 heterocycles. The predicted octanol–water partition coefficient (Wildman–Crippen LogP) is 2.57. The van der Waals surface area contributed by atoms with E-state index >= 15 is 0 Å². The fourth-order valence-corrected chi connectivity index (χ4v) is 2.78. The Hall–Kier alpha value is -2.55. The summed E-state index contributed by atoms with van der Waals surface area (Å²) in [4.78, 5) is 36.8. The number of carbonyl (C=O) groups excluding carboxylic acids is 3. The molecule has 2 rings (SSSR count). The van der Waals surface area contributed by atoms with Crippen molar-refractivity contribution in [3.05, 3.63) is 34.9 Å². The van der Waals surface area contributed by atoms with Gasteiger partial charge in [-0.2, -0.15) is 0 Å². The lowest BCUT2D eigenvalue weighted by molar-refractivity contribution is -0.0278. The molecule has 1 aromatic rings. The summed E-state index contributed by atoms with van der Waals surface area (Å²) in [6.07, 6.45) is -0.926. The van der Waals surface area contributed by atoms with E-state index in [1.807, 2.05) is 0 Å². The van der Waals surface area contributed by atoms with Crippen molar-refractivity contribution in [2.45, 2.75) is 25.9 Å². The topological polar surface area (TPSA) is 82.1 Å². The van der Waals surface area contributed by atoms with Crippen LogP contribution in [-0.4, -0.2) is 62.3 Å². The van der Waals surface area contributed by atoms with Crippen LogP contribution in [-0.2, 0) is 14.2 Å². The average molecular weight is 385 g/mol. The van der Waals surface area contributed by atoms with Crippen LogP contribution in [0.25, 0.3) is 0 Å². The number of ether oxygens (including phenoxy) is 3. The highest BCUT2D eigenvalue weighted by molar-refractivity contribution is 5.98. The molecule has 0 radical (unpaired) electrons. The monoisotopic (exact) mass is 385 g/mol. The Morgan fingerprint density at radius 2 is 1.93 bits per heavy atom. The van der Waals surface area contributed by atoms with E-state index in [1.54, 1.807) is 6.92 Å². The molecule has 1 aliphatic heterocycles. The molecular weight excluding hydrogens is 364 g/mol. The number of rotatable bonds is 6. The molecule has 1 fully saturated rings. The number of hydrogen-bond donors (Lipinski definition) is 0. The summed E-state index contributed by atoms with van der Waals surface area (Å²) in [6, 6.07) is 1.56. The third kappa shape index (κ3) is 5.22. The zero-order valence-electron chi connectivity index (χ0n) is 15.1. The molecular formula is C18H21F2NO6. The lowest BCUT2D eigenvalue weighted by atomic mass is 10.0. The third-order valence-corrected chi connectivity index (χ3v) is 4.10. The summed E-state index contributed by atoms with van der Waals surface area (Å²) < 4.78 is 43.1. The van der Waals surface area contributed by atoms with Gasteiger partial charge in [-0.15, -0.1) is 0 Å². The van der Waals surface area contributed by atoms with Crippen molar-refractivity contribution >= 4 is 17.8 Å². The molecule has 1 amide bonds. The van der Waals surface area contributed by atoms with Crippen molar-refractivity contribution in [1.82, 2.24) is 4.90 Å². The van der Waals surface area contributed by atoms with Crippen molar-refractivity contribution in [2.24, 2.45) is 0 Å². The Labute approximate surface area is 155 Å².